The van der Waals surface area contributed by atoms with Crippen molar-refractivity contribution in [2.24, 2.45) is 0 Å². The van der Waals surface area contributed by atoms with Gasteiger partial charge < -0.3 is 0 Å². The standard InChI is InChI=1S/C25H24ClN3O4S/c1-15-11-12-27-13-16(15)14-29-23(30)21-19(26)9-10-20(22(21)24(29)31)28-34(32,33)18-7-5-17(6-8-18)25(2,3)4/h5-13,28H,14H2,1-4H3. The van der Waals surface area contributed by atoms with Crippen LogP contribution in [0.3, 0.4) is 0 Å². The fraction of sp³-hybridized carbons (Fsp3) is 0.240. The SMILES string of the molecule is Cc1ccncc1CN1C(=O)c2c(Cl)ccc(NS(=O)(=O)c3ccc(C(C)(C)C)cc3)c2C1=O. The van der Waals surface area contributed by atoms with E-state index in [-0.39, 0.29) is 38.7 Å². The maximum atomic E-state index is 13.3. The summed E-state index contributed by atoms with van der Waals surface area (Å²) in [6.45, 7) is 7.96. The molecule has 0 radical (unpaired) electrons. The van der Waals surface area contributed by atoms with Gasteiger partial charge in [0, 0.05) is 12.4 Å². The molecule has 0 fully saturated rings. The van der Waals surface area contributed by atoms with Crippen LogP contribution < -0.4 is 4.72 Å². The zero-order valence-corrected chi connectivity index (χ0v) is 20.8. The molecule has 176 valence electrons. The molecule has 4 rings (SSSR count). The Morgan fingerprint density at radius 2 is 1.62 bits per heavy atom. The molecule has 3 aromatic rings. The first-order chi connectivity index (χ1) is 15.9. The van der Waals surface area contributed by atoms with E-state index >= 15 is 0 Å². The Morgan fingerprint density at radius 1 is 0.971 bits per heavy atom. The molecule has 0 bridgehead atoms. The smallest absolute Gasteiger partial charge is 0.264 e. The van der Waals surface area contributed by atoms with Crippen LogP contribution in [0.4, 0.5) is 5.69 Å². The number of aromatic nitrogens is 1. The van der Waals surface area contributed by atoms with Crippen LogP contribution in [0.15, 0.2) is 59.8 Å². The van der Waals surface area contributed by atoms with E-state index in [1.807, 2.05) is 27.7 Å². The Kier molecular flexibility index (Phi) is 5.99. The van der Waals surface area contributed by atoms with Crippen LogP contribution in [-0.4, -0.2) is 30.1 Å². The van der Waals surface area contributed by atoms with E-state index in [0.29, 0.717) is 5.56 Å². The maximum Gasteiger partial charge on any atom is 0.264 e. The molecule has 0 saturated heterocycles. The minimum atomic E-state index is -4.02. The molecular weight excluding hydrogens is 474 g/mol. The topological polar surface area (TPSA) is 96.4 Å². The average molecular weight is 498 g/mol. The molecule has 0 spiro atoms. The van der Waals surface area contributed by atoms with Crippen LogP contribution in [0.5, 0.6) is 0 Å². The van der Waals surface area contributed by atoms with Crippen molar-refractivity contribution in [2.75, 3.05) is 4.72 Å². The molecule has 0 atom stereocenters. The first-order valence-corrected chi connectivity index (χ1v) is 12.5. The van der Waals surface area contributed by atoms with Gasteiger partial charge in [0.25, 0.3) is 21.8 Å². The van der Waals surface area contributed by atoms with Gasteiger partial charge in [0.15, 0.2) is 0 Å². The molecule has 2 amide bonds. The fourth-order valence-electron chi connectivity index (χ4n) is 3.77. The molecule has 1 aliphatic heterocycles. The third-order valence-corrected chi connectivity index (χ3v) is 7.52. The highest BCUT2D eigenvalue weighted by Gasteiger charge is 2.40. The Labute approximate surface area is 203 Å². The van der Waals surface area contributed by atoms with E-state index < -0.39 is 21.8 Å². The van der Waals surface area contributed by atoms with Crippen molar-refractivity contribution >= 4 is 39.1 Å². The lowest BCUT2D eigenvalue weighted by Gasteiger charge is -2.19. The van der Waals surface area contributed by atoms with Crippen molar-refractivity contribution in [3.8, 4) is 0 Å². The van der Waals surface area contributed by atoms with Crippen LogP contribution in [0, 0.1) is 6.92 Å². The van der Waals surface area contributed by atoms with Gasteiger partial charge in [-0.3, -0.25) is 24.2 Å². The van der Waals surface area contributed by atoms with Gasteiger partial charge in [-0.15, -0.1) is 0 Å². The first kappa shape index (κ1) is 23.9. The number of anilines is 1. The normalized spacial score (nSPS) is 13.9. The van der Waals surface area contributed by atoms with Gasteiger partial charge in [0.1, 0.15) is 0 Å². The highest BCUT2D eigenvalue weighted by molar-refractivity contribution is 7.92. The van der Waals surface area contributed by atoms with Gasteiger partial charge in [0.05, 0.1) is 33.3 Å². The molecule has 0 saturated carbocycles. The number of hydrogen-bond acceptors (Lipinski definition) is 5. The number of fused-ring (bicyclic) bond motifs is 1. The third kappa shape index (κ3) is 4.31. The highest BCUT2D eigenvalue weighted by Crippen LogP contribution is 2.36. The molecule has 0 unspecified atom stereocenters. The summed E-state index contributed by atoms with van der Waals surface area (Å²) in [7, 11) is -4.02. The Bertz CT molecular complexity index is 1410. The summed E-state index contributed by atoms with van der Waals surface area (Å²) >= 11 is 6.26. The van der Waals surface area contributed by atoms with Crippen LogP contribution in [0.1, 0.15) is 58.2 Å². The number of aryl methyl sites for hydroxylation is 1. The number of halogens is 1. The molecule has 0 aliphatic carbocycles. The monoisotopic (exact) mass is 497 g/mol. The van der Waals surface area contributed by atoms with Crippen LogP contribution in [0.2, 0.25) is 5.02 Å². The van der Waals surface area contributed by atoms with Gasteiger partial charge in [-0.05, 0) is 59.4 Å². The quantitative estimate of drug-likeness (QED) is 0.504. The molecule has 2 aromatic carbocycles. The molecule has 34 heavy (non-hydrogen) atoms. The number of rotatable bonds is 5. The lowest BCUT2D eigenvalue weighted by Crippen LogP contribution is -2.29. The Hall–Kier alpha value is -3.23. The molecule has 1 N–H and O–H groups in total. The summed E-state index contributed by atoms with van der Waals surface area (Å²) in [4.78, 5) is 31.5. The number of pyridine rings is 1. The van der Waals surface area contributed by atoms with E-state index in [0.717, 1.165) is 16.0 Å². The lowest BCUT2D eigenvalue weighted by atomic mass is 9.87. The third-order valence-electron chi connectivity index (χ3n) is 5.82. The molecule has 9 heteroatoms. The number of hydrogen-bond donors (Lipinski definition) is 1. The second-order valence-electron chi connectivity index (χ2n) is 9.22. The highest BCUT2D eigenvalue weighted by atomic mass is 35.5. The zero-order valence-electron chi connectivity index (χ0n) is 19.2. The second-order valence-corrected chi connectivity index (χ2v) is 11.3. The van der Waals surface area contributed by atoms with E-state index in [4.69, 9.17) is 11.6 Å². The van der Waals surface area contributed by atoms with Crippen molar-refractivity contribution in [2.45, 2.75) is 44.6 Å². The number of carbonyl (C=O) groups is 2. The van der Waals surface area contributed by atoms with Gasteiger partial charge in [0.2, 0.25) is 0 Å². The second kappa shape index (κ2) is 8.52. The zero-order chi connectivity index (χ0) is 24.8. The summed E-state index contributed by atoms with van der Waals surface area (Å²) in [6, 6.07) is 11.1. The predicted molar refractivity (Wildman–Crippen MR) is 131 cm³/mol. The number of carbonyl (C=O) groups excluding carboxylic acids is 2. The number of benzene rings is 2. The summed E-state index contributed by atoms with van der Waals surface area (Å²) in [5.41, 5.74) is 2.36. The van der Waals surface area contributed by atoms with E-state index in [1.54, 1.807) is 30.6 Å². The molecular formula is C25H24ClN3O4S. The minimum absolute atomic E-state index is 0.00278. The number of amides is 2. The van der Waals surface area contributed by atoms with Gasteiger partial charge in [-0.2, -0.15) is 0 Å². The van der Waals surface area contributed by atoms with Gasteiger partial charge in [-0.1, -0.05) is 44.5 Å². The Balaban J connectivity index is 1.69. The molecule has 1 aromatic heterocycles. The number of nitrogens with zero attached hydrogens (tertiary/aromatic N) is 2. The van der Waals surface area contributed by atoms with E-state index in [2.05, 4.69) is 9.71 Å². The minimum Gasteiger partial charge on any atom is -0.279 e. The largest absolute Gasteiger partial charge is 0.279 e. The Morgan fingerprint density at radius 3 is 2.24 bits per heavy atom. The number of imide groups is 1. The van der Waals surface area contributed by atoms with Crippen LogP contribution in [0.25, 0.3) is 0 Å². The van der Waals surface area contributed by atoms with Crippen LogP contribution >= 0.6 is 11.6 Å². The van der Waals surface area contributed by atoms with Gasteiger partial charge >= 0.3 is 0 Å². The first-order valence-electron chi connectivity index (χ1n) is 10.6. The van der Waals surface area contributed by atoms with Crippen molar-refractivity contribution in [1.29, 1.82) is 0 Å². The van der Waals surface area contributed by atoms with Crippen molar-refractivity contribution in [3.63, 3.8) is 0 Å². The van der Waals surface area contributed by atoms with E-state index in [9.17, 15) is 18.0 Å². The summed E-state index contributed by atoms with van der Waals surface area (Å²) in [6.07, 6.45) is 3.21. The number of sulfonamides is 1. The summed E-state index contributed by atoms with van der Waals surface area (Å²) in [5.74, 6) is -1.20. The fourth-order valence-corrected chi connectivity index (χ4v) is 5.08. The molecule has 1 aliphatic rings. The van der Waals surface area contributed by atoms with Crippen molar-refractivity contribution < 1.29 is 18.0 Å². The predicted octanol–water partition coefficient (Wildman–Crippen LogP) is 4.94. The summed E-state index contributed by atoms with van der Waals surface area (Å²) in [5, 5.41) is 0.0798. The lowest BCUT2D eigenvalue weighted by molar-refractivity contribution is 0.0642. The summed E-state index contributed by atoms with van der Waals surface area (Å²) < 4.78 is 28.6. The molecule has 7 nitrogen and oxygen atoms in total. The number of nitrogens with one attached hydrogen (secondary N) is 1. The van der Waals surface area contributed by atoms with Crippen LogP contribution in [-0.2, 0) is 22.0 Å². The van der Waals surface area contributed by atoms with Crippen molar-refractivity contribution in [1.82, 2.24) is 9.88 Å². The average Bonchev–Trinajstić information content (AvgIpc) is 3.02. The van der Waals surface area contributed by atoms with Crippen molar-refractivity contribution in [3.05, 3.63) is 87.7 Å². The maximum absolute atomic E-state index is 13.3. The molecule has 2 heterocycles. The van der Waals surface area contributed by atoms with Gasteiger partial charge in [-0.25, -0.2) is 8.42 Å². The van der Waals surface area contributed by atoms with E-state index in [1.165, 1.54) is 24.3 Å².